The lowest BCUT2D eigenvalue weighted by Crippen LogP contribution is -2.43. The predicted octanol–water partition coefficient (Wildman–Crippen LogP) is 0.535. The summed E-state index contributed by atoms with van der Waals surface area (Å²) in [5, 5.41) is 11.8. The minimum absolute atomic E-state index is 0.0244. The van der Waals surface area contributed by atoms with E-state index >= 15 is 0 Å². The monoisotopic (exact) mass is 355 g/mol. The summed E-state index contributed by atoms with van der Waals surface area (Å²) in [6.07, 6.45) is 3.70. The molecule has 0 spiro atoms. The summed E-state index contributed by atoms with van der Waals surface area (Å²) in [5.41, 5.74) is -1.26. The minimum atomic E-state index is -3.44. The zero-order valence-electron chi connectivity index (χ0n) is 13.4. The van der Waals surface area contributed by atoms with E-state index in [0.29, 0.717) is 4.73 Å². The van der Waals surface area contributed by atoms with Crippen molar-refractivity contribution in [1.29, 1.82) is 0 Å². The van der Waals surface area contributed by atoms with Gasteiger partial charge in [-0.2, -0.15) is 8.78 Å². The van der Waals surface area contributed by atoms with Gasteiger partial charge >= 0.3 is 17.6 Å². The van der Waals surface area contributed by atoms with E-state index in [1.807, 2.05) is 0 Å². The topological polar surface area (TPSA) is 97.3 Å². The second-order valence-electron chi connectivity index (χ2n) is 5.10. The molecule has 0 fully saturated rings. The van der Waals surface area contributed by atoms with Gasteiger partial charge in [-0.25, -0.2) is 4.98 Å². The molecule has 0 saturated heterocycles. The van der Waals surface area contributed by atoms with Crippen LogP contribution in [-0.4, -0.2) is 33.9 Å². The molecule has 0 aliphatic carbocycles. The molecule has 2 rings (SSSR count). The average molecular weight is 355 g/mol. The Kier molecular flexibility index (Phi) is 5.63. The molecule has 2 aromatic heterocycles. The maximum Gasteiger partial charge on any atom is 0.351 e. The Morgan fingerprint density at radius 2 is 2.24 bits per heavy atom. The molecule has 8 nitrogen and oxygen atoms in total. The van der Waals surface area contributed by atoms with Crippen molar-refractivity contribution in [1.82, 2.24) is 9.55 Å². The van der Waals surface area contributed by atoms with Crippen molar-refractivity contribution in [3.05, 3.63) is 52.8 Å². The summed E-state index contributed by atoms with van der Waals surface area (Å²) in [5.74, 6) is -4.20. The number of halogens is 2. The van der Waals surface area contributed by atoms with E-state index in [9.17, 15) is 23.6 Å². The van der Waals surface area contributed by atoms with E-state index in [1.165, 1.54) is 36.0 Å². The average Bonchev–Trinajstić information content (AvgIpc) is 2.55. The van der Waals surface area contributed by atoms with Gasteiger partial charge in [0.2, 0.25) is 6.20 Å². The number of esters is 1. The number of hydrogen-bond donors (Lipinski definition) is 2. The minimum Gasteiger partial charge on any atom is -0.464 e. The summed E-state index contributed by atoms with van der Waals surface area (Å²) >= 11 is 0. The van der Waals surface area contributed by atoms with Crippen LogP contribution in [0.3, 0.4) is 0 Å². The highest BCUT2D eigenvalue weighted by molar-refractivity contribution is 5.65. The summed E-state index contributed by atoms with van der Waals surface area (Å²) < 4.78 is 34.6. The van der Waals surface area contributed by atoms with Gasteiger partial charge in [0, 0.05) is 36.2 Å². The van der Waals surface area contributed by atoms with Crippen LogP contribution in [0, 0.1) is 0 Å². The zero-order valence-corrected chi connectivity index (χ0v) is 13.4. The predicted molar refractivity (Wildman–Crippen MR) is 81.3 cm³/mol. The van der Waals surface area contributed by atoms with Gasteiger partial charge in [-0.05, 0) is 6.07 Å². The van der Waals surface area contributed by atoms with Gasteiger partial charge < -0.3 is 14.6 Å². The molecule has 2 heterocycles. The summed E-state index contributed by atoms with van der Waals surface area (Å²) in [6, 6.07) is 3.82. The van der Waals surface area contributed by atoms with E-state index in [-0.39, 0.29) is 19.0 Å². The Morgan fingerprint density at radius 1 is 1.48 bits per heavy atom. The fourth-order valence-corrected chi connectivity index (χ4v) is 2.04. The molecule has 0 aromatic carbocycles. The molecule has 0 saturated carbocycles. The molecule has 0 aliphatic heterocycles. The molecule has 0 unspecified atom stereocenters. The fourth-order valence-electron chi connectivity index (χ4n) is 2.04. The molecule has 10 heteroatoms. The molecule has 2 N–H and O–H groups in total. The lowest BCUT2D eigenvalue weighted by atomic mass is 10.2. The van der Waals surface area contributed by atoms with E-state index in [0.717, 1.165) is 12.3 Å². The third-order valence-electron chi connectivity index (χ3n) is 3.24. The van der Waals surface area contributed by atoms with Gasteiger partial charge in [0.15, 0.2) is 5.82 Å². The molecule has 0 bridgehead atoms. The molecule has 2 aromatic rings. The second-order valence-corrected chi connectivity index (χ2v) is 5.10. The van der Waals surface area contributed by atoms with Gasteiger partial charge in [0.05, 0.1) is 13.1 Å². The smallest absolute Gasteiger partial charge is 0.351 e. The van der Waals surface area contributed by atoms with Crippen LogP contribution < -0.4 is 15.6 Å². The van der Waals surface area contributed by atoms with Crippen molar-refractivity contribution >= 4 is 11.8 Å². The highest BCUT2D eigenvalue weighted by Crippen LogP contribution is 2.24. The standard InChI is InChI=1S/C15H17F2N4O4/c1-11(22)25-9-8-20-7-5-18-13(14(20)23)19-10-15(16,17)12-4-2-3-6-21(12)24/h2-7,24H,8-10H2,1H3,(H,18,19)/q+1. The van der Waals surface area contributed by atoms with Gasteiger partial charge in [-0.3, -0.25) is 14.8 Å². The van der Waals surface area contributed by atoms with Gasteiger partial charge in [0.25, 0.3) is 5.56 Å². The number of nitrogens with one attached hydrogen (secondary N) is 1. The molecule has 0 radical (unpaired) electrons. The first-order chi connectivity index (χ1) is 11.8. The number of anilines is 1. The summed E-state index contributed by atoms with van der Waals surface area (Å²) in [6.45, 7) is 0.347. The van der Waals surface area contributed by atoms with Crippen molar-refractivity contribution in [3.8, 4) is 0 Å². The summed E-state index contributed by atoms with van der Waals surface area (Å²) in [4.78, 5) is 26.6. The maximum atomic E-state index is 14.2. The highest BCUT2D eigenvalue weighted by atomic mass is 19.3. The van der Waals surface area contributed by atoms with E-state index in [1.54, 1.807) is 0 Å². The first kappa shape index (κ1) is 18.3. The van der Waals surface area contributed by atoms with Crippen molar-refractivity contribution in [2.75, 3.05) is 18.5 Å². The van der Waals surface area contributed by atoms with Crippen LogP contribution in [0.25, 0.3) is 0 Å². The Balaban J connectivity index is 2.09. The van der Waals surface area contributed by atoms with Crippen LogP contribution in [-0.2, 0) is 22.0 Å². The first-order valence-corrected chi connectivity index (χ1v) is 7.32. The number of hydrogen-bond acceptors (Lipinski definition) is 6. The third kappa shape index (κ3) is 4.72. The Morgan fingerprint density at radius 3 is 2.92 bits per heavy atom. The third-order valence-corrected chi connectivity index (χ3v) is 3.24. The SMILES string of the molecule is CC(=O)OCCn1ccnc(NCC(F)(F)c2cccc[n+]2O)c1=O. The molecule has 134 valence electrons. The van der Waals surface area contributed by atoms with E-state index < -0.39 is 29.7 Å². The van der Waals surface area contributed by atoms with E-state index in [4.69, 9.17) is 4.74 Å². The number of carbonyl (C=O) groups is 1. The largest absolute Gasteiger partial charge is 0.464 e. The van der Waals surface area contributed by atoms with Crippen LogP contribution in [0.5, 0.6) is 0 Å². The number of aromatic nitrogens is 3. The van der Waals surface area contributed by atoms with Crippen LogP contribution in [0.4, 0.5) is 14.6 Å². The van der Waals surface area contributed by atoms with Gasteiger partial charge in [0.1, 0.15) is 6.61 Å². The van der Waals surface area contributed by atoms with Crippen LogP contribution in [0.15, 0.2) is 41.6 Å². The maximum absolute atomic E-state index is 14.2. The van der Waals surface area contributed by atoms with Crippen molar-refractivity contribution in [2.24, 2.45) is 0 Å². The Bertz CT molecular complexity index is 810. The Labute approximate surface area is 141 Å². The Hall–Kier alpha value is -3.04. The number of pyridine rings is 1. The highest BCUT2D eigenvalue weighted by Gasteiger charge is 2.41. The number of alkyl halides is 2. The lowest BCUT2D eigenvalue weighted by molar-refractivity contribution is -0.913. The van der Waals surface area contributed by atoms with Crippen LogP contribution >= 0.6 is 0 Å². The summed E-state index contributed by atoms with van der Waals surface area (Å²) in [7, 11) is 0. The van der Waals surface area contributed by atoms with Gasteiger partial charge in [-0.1, -0.05) is 0 Å². The fraction of sp³-hybridized carbons (Fsp3) is 0.333. The molecular weight excluding hydrogens is 338 g/mol. The lowest BCUT2D eigenvalue weighted by Gasteiger charge is -2.14. The van der Waals surface area contributed by atoms with Crippen LogP contribution in [0.2, 0.25) is 0 Å². The van der Waals surface area contributed by atoms with Crippen LogP contribution in [0.1, 0.15) is 12.6 Å². The van der Waals surface area contributed by atoms with Crippen molar-refractivity contribution in [2.45, 2.75) is 19.4 Å². The molecular formula is C15H17F2N4O4+. The quantitative estimate of drug-likeness (QED) is 0.427. The molecule has 25 heavy (non-hydrogen) atoms. The van der Waals surface area contributed by atoms with Crippen molar-refractivity contribution < 1.29 is 28.2 Å². The molecule has 0 atom stereocenters. The number of rotatable bonds is 7. The zero-order chi connectivity index (χ0) is 18.4. The number of nitrogens with zero attached hydrogens (tertiary/aromatic N) is 3. The second kappa shape index (κ2) is 7.69. The normalized spacial score (nSPS) is 11.2. The van der Waals surface area contributed by atoms with E-state index in [2.05, 4.69) is 10.3 Å². The van der Waals surface area contributed by atoms with Crippen molar-refractivity contribution in [3.63, 3.8) is 0 Å². The first-order valence-electron chi connectivity index (χ1n) is 7.32. The number of ether oxygens (including phenoxy) is 1. The molecule has 0 aliphatic rings. The van der Waals surface area contributed by atoms with Gasteiger partial charge in [-0.15, -0.1) is 0 Å². The number of carbonyl (C=O) groups excluding carboxylic acids is 1. The molecule has 0 amide bonds.